The van der Waals surface area contributed by atoms with Crippen LogP contribution >= 0.6 is 12.4 Å². The minimum Gasteiger partial charge on any atom is -0.477 e. The fourth-order valence-electron chi connectivity index (χ4n) is 2.57. The van der Waals surface area contributed by atoms with E-state index in [1.54, 1.807) is 0 Å². The van der Waals surface area contributed by atoms with Gasteiger partial charge in [0, 0.05) is 12.1 Å². The summed E-state index contributed by atoms with van der Waals surface area (Å²) in [6.07, 6.45) is 0. The molecule has 3 rings (SSSR count). The maximum Gasteiger partial charge on any atom is 0.341 e. The molecule has 1 aromatic heterocycles. The molecule has 0 fully saturated rings. The molecule has 1 heterocycles. The fraction of sp³-hybridized carbons (Fsp3) is 0.158. The highest BCUT2D eigenvalue weighted by atomic mass is 35.5. The van der Waals surface area contributed by atoms with Gasteiger partial charge in [0.15, 0.2) is 5.76 Å². The molecule has 0 aliphatic heterocycles. The second kappa shape index (κ2) is 8.60. The number of nitrogens with one attached hydrogen (secondary N) is 1. The number of aromatic carboxylic acids is 1. The molecule has 2 N–H and O–H groups in total. The number of carboxylic acid groups (broad SMARTS) is 1. The molecule has 0 aliphatic rings. The molecular formula is C19H18ClFN2O3. The normalized spacial score (nSPS) is 11.6. The molecular weight excluding hydrogens is 359 g/mol. The van der Waals surface area contributed by atoms with Crippen molar-refractivity contribution in [1.82, 2.24) is 10.5 Å². The molecule has 3 aromatic rings. The lowest BCUT2D eigenvalue weighted by atomic mass is 10.0. The van der Waals surface area contributed by atoms with Crippen molar-refractivity contribution in [3.8, 4) is 11.3 Å². The number of rotatable bonds is 6. The van der Waals surface area contributed by atoms with Crippen LogP contribution in [0.3, 0.4) is 0 Å². The zero-order valence-corrected chi connectivity index (χ0v) is 14.8. The highest BCUT2D eigenvalue weighted by Crippen LogP contribution is 2.29. The molecule has 0 aliphatic carbocycles. The number of hydrogen-bond acceptors (Lipinski definition) is 4. The van der Waals surface area contributed by atoms with Crippen LogP contribution in [0.5, 0.6) is 0 Å². The molecule has 1 atom stereocenters. The summed E-state index contributed by atoms with van der Waals surface area (Å²) in [4.78, 5) is 11.7. The minimum absolute atomic E-state index is 0. The van der Waals surface area contributed by atoms with Gasteiger partial charge in [-0.15, -0.1) is 12.4 Å². The van der Waals surface area contributed by atoms with Crippen molar-refractivity contribution >= 4 is 18.4 Å². The first-order chi connectivity index (χ1) is 12.1. The van der Waals surface area contributed by atoms with E-state index in [2.05, 4.69) is 10.5 Å². The van der Waals surface area contributed by atoms with Gasteiger partial charge in [0.2, 0.25) is 0 Å². The molecule has 0 bridgehead atoms. The second-order valence-corrected chi connectivity index (χ2v) is 5.67. The third kappa shape index (κ3) is 4.28. The number of halogens is 2. The van der Waals surface area contributed by atoms with Crippen LogP contribution in [-0.2, 0) is 6.54 Å². The summed E-state index contributed by atoms with van der Waals surface area (Å²) in [5, 5.41) is 16.7. The van der Waals surface area contributed by atoms with Crippen LogP contribution in [0, 0.1) is 5.82 Å². The number of benzene rings is 2. The summed E-state index contributed by atoms with van der Waals surface area (Å²) in [5.74, 6) is -1.30. The van der Waals surface area contributed by atoms with Gasteiger partial charge in [0.05, 0.1) is 6.04 Å². The number of carboxylic acids is 1. The molecule has 0 unspecified atom stereocenters. The van der Waals surface area contributed by atoms with Gasteiger partial charge in [0.1, 0.15) is 17.1 Å². The number of hydrogen-bond donors (Lipinski definition) is 2. The Bertz CT molecular complexity index is 866. The van der Waals surface area contributed by atoms with E-state index < -0.39 is 11.8 Å². The lowest BCUT2D eigenvalue weighted by Gasteiger charge is -2.11. The SMILES string of the molecule is C[C@@H](NCc1ccccc1)c1onc(-c2ccc(F)cc2)c1C(=O)O.Cl. The van der Waals surface area contributed by atoms with E-state index in [0.717, 1.165) is 5.56 Å². The van der Waals surface area contributed by atoms with Crippen LogP contribution in [0.4, 0.5) is 4.39 Å². The molecule has 136 valence electrons. The first kappa shape index (κ1) is 19.6. The van der Waals surface area contributed by atoms with E-state index in [4.69, 9.17) is 4.52 Å². The van der Waals surface area contributed by atoms with Crippen LogP contribution in [0.15, 0.2) is 59.1 Å². The smallest absolute Gasteiger partial charge is 0.341 e. The van der Waals surface area contributed by atoms with Gasteiger partial charge >= 0.3 is 5.97 Å². The standard InChI is InChI=1S/C19H17FN2O3.ClH/c1-12(21-11-13-5-3-2-4-6-13)18-16(19(23)24)17(22-25-18)14-7-9-15(20)10-8-14;/h2-10,12,21H,11H2,1H3,(H,23,24);1H/t12-;/m1./s1. The van der Waals surface area contributed by atoms with Crippen molar-refractivity contribution in [2.24, 2.45) is 0 Å². The van der Waals surface area contributed by atoms with E-state index >= 15 is 0 Å². The summed E-state index contributed by atoms with van der Waals surface area (Å²) in [5.41, 5.74) is 1.74. The predicted molar refractivity (Wildman–Crippen MR) is 97.8 cm³/mol. The van der Waals surface area contributed by atoms with Gasteiger partial charge in [0.25, 0.3) is 0 Å². The lowest BCUT2D eigenvalue weighted by Crippen LogP contribution is -2.19. The minimum atomic E-state index is -1.14. The molecule has 0 spiro atoms. The van der Waals surface area contributed by atoms with Crippen LogP contribution in [0.25, 0.3) is 11.3 Å². The highest BCUT2D eigenvalue weighted by Gasteiger charge is 2.27. The molecule has 5 nitrogen and oxygen atoms in total. The van der Waals surface area contributed by atoms with Gasteiger partial charge in [-0.25, -0.2) is 9.18 Å². The van der Waals surface area contributed by atoms with Crippen molar-refractivity contribution in [3.63, 3.8) is 0 Å². The summed E-state index contributed by atoms with van der Waals surface area (Å²) in [7, 11) is 0. The summed E-state index contributed by atoms with van der Waals surface area (Å²) in [6, 6.07) is 14.9. The van der Waals surface area contributed by atoms with Gasteiger partial charge in [-0.1, -0.05) is 35.5 Å². The first-order valence-corrected chi connectivity index (χ1v) is 7.82. The fourth-order valence-corrected chi connectivity index (χ4v) is 2.57. The zero-order chi connectivity index (χ0) is 17.8. The molecule has 2 aromatic carbocycles. The topological polar surface area (TPSA) is 75.4 Å². The van der Waals surface area contributed by atoms with E-state index in [-0.39, 0.29) is 35.5 Å². The van der Waals surface area contributed by atoms with Gasteiger partial charge in [-0.05, 0) is 36.8 Å². The number of nitrogens with zero attached hydrogens (tertiary/aromatic N) is 1. The van der Waals surface area contributed by atoms with Crippen LogP contribution in [-0.4, -0.2) is 16.2 Å². The molecule has 7 heteroatoms. The maximum absolute atomic E-state index is 13.1. The Morgan fingerprint density at radius 1 is 1.19 bits per heavy atom. The van der Waals surface area contributed by atoms with E-state index in [0.29, 0.717) is 12.1 Å². The molecule has 0 saturated heterocycles. The Hall–Kier alpha value is -2.70. The molecule has 0 radical (unpaired) electrons. The average Bonchev–Trinajstić information content (AvgIpc) is 3.06. The van der Waals surface area contributed by atoms with Crippen molar-refractivity contribution in [3.05, 3.63) is 77.3 Å². The Morgan fingerprint density at radius 3 is 2.46 bits per heavy atom. The van der Waals surface area contributed by atoms with Gasteiger partial charge < -0.3 is 14.9 Å². The largest absolute Gasteiger partial charge is 0.477 e. The van der Waals surface area contributed by atoms with Crippen molar-refractivity contribution in [2.45, 2.75) is 19.5 Å². The number of carbonyl (C=O) groups is 1. The van der Waals surface area contributed by atoms with Crippen molar-refractivity contribution in [1.29, 1.82) is 0 Å². The van der Waals surface area contributed by atoms with Crippen molar-refractivity contribution < 1.29 is 18.8 Å². The highest BCUT2D eigenvalue weighted by molar-refractivity contribution is 5.95. The Morgan fingerprint density at radius 2 is 1.85 bits per heavy atom. The third-order valence-corrected chi connectivity index (χ3v) is 3.90. The monoisotopic (exact) mass is 376 g/mol. The quantitative estimate of drug-likeness (QED) is 0.664. The van der Waals surface area contributed by atoms with Crippen LogP contribution < -0.4 is 5.32 Å². The Kier molecular flexibility index (Phi) is 6.49. The Labute approximate surface area is 156 Å². The number of aromatic nitrogens is 1. The van der Waals surface area contributed by atoms with Gasteiger partial charge in [-0.2, -0.15) is 0 Å². The second-order valence-electron chi connectivity index (χ2n) is 5.67. The summed E-state index contributed by atoms with van der Waals surface area (Å²) < 4.78 is 18.4. The summed E-state index contributed by atoms with van der Waals surface area (Å²) >= 11 is 0. The van der Waals surface area contributed by atoms with E-state index in [1.807, 2.05) is 37.3 Å². The third-order valence-electron chi connectivity index (χ3n) is 3.90. The van der Waals surface area contributed by atoms with Crippen molar-refractivity contribution in [2.75, 3.05) is 0 Å². The average molecular weight is 377 g/mol. The molecule has 0 saturated carbocycles. The van der Waals surface area contributed by atoms with Crippen LogP contribution in [0.2, 0.25) is 0 Å². The van der Waals surface area contributed by atoms with Gasteiger partial charge in [-0.3, -0.25) is 0 Å². The van der Waals surface area contributed by atoms with Crippen LogP contribution in [0.1, 0.15) is 34.6 Å². The zero-order valence-electron chi connectivity index (χ0n) is 14.0. The molecule has 0 amide bonds. The predicted octanol–water partition coefficient (Wildman–Crippen LogP) is 4.45. The van der Waals surface area contributed by atoms with E-state index in [9.17, 15) is 14.3 Å². The summed E-state index contributed by atoms with van der Waals surface area (Å²) in [6.45, 7) is 2.37. The lowest BCUT2D eigenvalue weighted by molar-refractivity contribution is 0.0694. The Balaban J connectivity index is 0.00000243. The molecule has 26 heavy (non-hydrogen) atoms. The van der Waals surface area contributed by atoms with E-state index in [1.165, 1.54) is 24.3 Å². The first-order valence-electron chi connectivity index (χ1n) is 7.82. The maximum atomic E-state index is 13.1.